The Morgan fingerprint density at radius 2 is 1.96 bits per heavy atom. The average Bonchev–Trinajstić information content (AvgIpc) is 3.05. The maximum absolute atomic E-state index is 12.2. The Bertz CT molecular complexity index is 847. The van der Waals surface area contributed by atoms with Crippen LogP contribution in [0.25, 0.3) is 0 Å². The van der Waals surface area contributed by atoms with Gasteiger partial charge in [-0.2, -0.15) is 0 Å². The van der Waals surface area contributed by atoms with Crippen LogP contribution in [0.4, 0.5) is 11.4 Å². The molecule has 0 spiro atoms. The summed E-state index contributed by atoms with van der Waals surface area (Å²) in [4.78, 5) is 10.7. The van der Waals surface area contributed by atoms with E-state index < -0.39 is 14.9 Å². The Morgan fingerprint density at radius 1 is 1.23 bits per heavy atom. The topological polar surface area (TPSA) is 114 Å². The smallest absolute Gasteiger partial charge is 0.293 e. The summed E-state index contributed by atoms with van der Waals surface area (Å²) in [5, 5.41) is 14.5. The van der Waals surface area contributed by atoms with Crippen molar-refractivity contribution in [3.05, 3.63) is 52.5 Å². The molecule has 0 aliphatic heterocycles. The van der Waals surface area contributed by atoms with E-state index in [2.05, 4.69) is 10.0 Å². The fourth-order valence-corrected chi connectivity index (χ4v) is 3.75. The van der Waals surface area contributed by atoms with Crippen molar-refractivity contribution in [1.29, 1.82) is 0 Å². The summed E-state index contributed by atoms with van der Waals surface area (Å²) in [6, 6.07) is 7.18. The van der Waals surface area contributed by atoms with Gasteiger partial charge in [0.25, 0.3) is 5.69 Å². The number of nitrogens with zero attached hydrogens (tertiary/aromatic N) is 1. The van der Waals surface area contributed by atoms with Crippen molar-refractivity contribution < 1.29 is 17.8 Å². The van der Waals surface area contributed by atoms with Gasteiger partial charge in [-0.25, -0.2) is 13.1 Å². The summed E-state index contributed by atoms with van der Waals surface area (Å²) in [5.74, 6) is 0.842. The molecule has 1 atom stereocenters. The van der Waals surface area contributed by atoms with Crippen LogP contribution in [-0.2, 0) is 16.4 Å². The SMILES string of the molecule is CC(C)NS(=O)(=O)c1ccc(N[C@H](C)CCc2ccco2)c([N+](=O)[O-])c1. The van der Waals surface area contributed by atoms with E-state index >= 15 is 0 Å². The molecule has 0 aliphatic rings. The molecule has 8 nitrogen and oxygen atoms in total. The van der Waals surface area contributed by atoms with Crippen LogP contribution < -0.4 is 10.0 Å². The molecule has 2 rings (SSSR count). The van der Waals surface area contributed by atoms with Crippen LogP contribution >= 0.6 is 0 Å². The number of nitro groups is 1. The van der Waals surface area contributed by atoms with Gasteiger partial charge in [0.15, 0.2) is 0 Å². The van der Waals surface area contributed by atoms with Gasteiger partial charge in [-0.1, -0.05) is 0 Å². The highest BCUT2D eigenvalue weighted by molar-refractivity contribution is 7.89. The van der Waals surface area contributed by atoms with E-state index in [4.69, 9.17) is 4.42 Å². The monoisotopic (exact) mass is 381 g/mol. The number of furan rings is 1. The average molecular weight is 381 g/mol. The molecule has 1 aromatic carbocycles. The zero-order valence-corrected chi connectivity index (χ0v) is 15.7. The van der Waals surface area contributed by atoms with E-state index in [1.165, 1.54) is 12.1 Å². The van der Waals surface area contributed by atoms with Crippen molar-refractivity contribution in [1.82, 2.24) is 4.72 Å². The summed E-state index contributed by atoms with van der Waals surface area (Å²) in [5.41, 5.74) is 0.00641. The molecule has 0 radical (unpaired) electrons. The summed E-state index contributed by atoms with van der Waals surface area (Å²) < 4.78 is 32.1. The van der Waals surface area contributed by atoms with E-state index in [0.717, 1.165) is 11.8 Å². The van der Waals surface area contributed by atoms with Crippen LogP contribution in [0.5, 0.6) is 0 Å². The van der Waals surface area contributed by atoms with Gasteiger partial charge in [0.05, 0.1) is 16.1 Å². The minimum Gasteiger partial charge on any atom is -0.469 e. The molecule has 9 heteroatoms. The van der Waals surface area contributed by atoms with Crippen molar-refractivity contribution in [2.75, 3.05) is 5.32 Å². The van der Waals surface area contributed by atoms with E-state index in [1.807, 2.05) is 19.1 Å². The number of nitro benzene ring substituents is 1. The van der Waals surface area contributed by atoms with Crippen LogP contribution in [-0.4, -0.2) is 25.4 Å². The molecule has 0 unspecified atom stereocenters. The van der Waals surface area contributed by atoms with Crippen molar-refractivity contribution in [3.8, 4) is 0 Å². The highest BCUT2D eigenvalue weighted by Crippen LogP contribution is 2.28. The molecule has 2 N–H and O–H groups in total. The lowest BCUT2D eigenvalue weighted by molar-refractivity contribution is -0.384. The molecule has 1 heterocycles. The number of rotatable bonds is 9. The summed E-state index contributed by atoms with van der Waals surface area (Å²) in [6.45, 7) is 5.27. The molecule has 26 heavy (non-hydrogen) atoms. The van der Waals surface area contributed by atoms with Gasteiger partial charge >= 0.3 is 0 Å². The Morgan fingerprint density at radius 3 is 2.54 bits per heavy atom. The van der Waals surface area contributed by atoms with Gasteiger partial charge < -0.3 is 9.73 Å². The predicted molar refractivity (Wildman–Crippen MR) is 98.7 cm³/mol. The standard InChI is InChI=1S/C17H23N3O5S/c1-12(2)19-26(23,24)15-8-9-16(17(11-15)20(21)22)18-13(3)6-7-14-5-4-10-25-14/h4-5,8-13,18-19H,6-7H2,1-3H3/t13-/m1/s1. The molecular weight excluding hydrogens is 358 g/mol. The van der Waals surface area contributed by atoms with E-state index in [9.17, 15) is 18.5 Å². The lowest BCUT2D eigenvalue weighted by Gasteiger charge is -2.16. The quantitative estimate of drug-likeness (QED) is 0.509. The molecule has 1 aromatic heterocycles. The zero-order valence-electron chi connectivity index (χ0n) is 14.9. The minimum atomic E-state index is -3.80. The first-order valence-corrected chi connectivity index (χ1v) is 9.77. The normalized spacial score (nSPS) is 12.9. The summed E-state index contributed by atoms with van der Waals surface area (Å²) >= 11 is 0. The van der Waals surface area contributed by atoms with Crippen LogP contribution in [0.3, 0.4) is 0 Å². The number of anilines is 1. The molecular formula is C17H23N3O5S. The number of benzene rings is 1. The van der Waals surface area contributed by atoms with Gasteiger partial charge in [-0.3, -0.25) is 10.1 Å². The van der Waals surface area contributed by atoms with Crippen LogP contribution in [0.1, 0.15) is 33.0 Å². The lowest BCUT2D eigenvalue weighted by atomic mass is 10.1. The molecule has 0 bridgehead atoms. The minimum absolute atomic E-state index is 0.0601. The second-order valence-corrected chi connectivity index (χ2v) is 8.09. The van der Waals surface area contributed by atoms with E-state index in [0.29, 0.717) is 12.8 Å². The summed E-state index contributed by atoms with van der Waals surface area (Å²) in [6.07, 6.45) is 3.00. The Kier molecular flexibility index (Phi) is 6.38. The Hall–Kier alpha value is -2.39. The Labute approximate surface area is 152 Å². The van der Waals surface area contributed by atoms with Crippen LogP contribution in [0, 0.1) is 10.1 Å². The number of hydrogen-bond donors (Lipinski definition) is 2. The maximum atomic E-state index is 12.2. The van der Waals surface area contributed by atoms with Crippen LogP contribution in [0.15, 0.2) is 45.9 Å². The molecule has 0 aliphatic carbocycles. The van der Waals surface area contributed by atoms with Crippen molar-refractivity contribution in [2.45, 2.75) is 50.6 Å². The number of hydrogen-bond acceptors (Lipinski definition) is 6. The first-order chi connectivity index (χ1) is 12.2. The molecule has 0 saturated carbocycles. The fraction of sp³-hybridized carbons (Fsp3) is 0.412. The number of sulfonamides is 1. The largest absolute Gasteiger partial charge is 0.469 e. The molecule has 0 fully saturated rings. The number of nitrogens with one attached hydrogen (secondary N) is 2. The third-order valence-electron chi connectivity index (χ3n) is 3.67. The van der Waals surface area contributed by atoms with Gasteiger partial charge in [0.2, 0.25) is 10.0 Å². The van der Waals surface area contributed by atoms with Gasteiger partial charge in [0, 0.05) is 24.6 Å². The van der Waals surface area contributed by atoms with E-state index in [-0.39, 0.29) is 28.4 Å². The zero-order chi connectivity index (χ0) is 19.3. The third kappa shape index (κ3) is 5.30. The first-order valence-electron chi connectivity index (χ1n) is 8.28. The lowest BCUT2D eigenvalue weighted by Crippen LogP contribution is -2.30. The second-order valence-electron chi connectivity index (χ2n) is 6.38. The Balaban J connectivity index is 2.16. The van der Waals surface area contributed by atoms with Crippen LogP contribution in [0.2, 0.25) is 0 Å². The molecule has 0 saturated heterocycles. The number of aryl methyl sites for hydroxylation is 1. The highest BCUT2D eigenvalue weighted by Gasteiger charge is 2.22. The van der Waals surface area contributed by atoms with Gasteiger partial charge in [-0.05, 0) is 51.5 Å². The first kappa shape index (κ1) is 19.9. The molecule has 0 amide bonds. The van der Waals surface area contributed by atoms with Crippen molar-refractivity contribution >= 4 is 21.4 Å². The predicted octanol–water partition coefficient (Wildman–Crippen LogP) is 3.31. The third-order valence-corrected chi connectivity index (χ3v) is 5.33. The van der Waals surface area contributed by atoms with Gasteiger partial charge in [-0.15, -0.1) is 0 Å². The maximum Gasteiger partial charge on any atom is 0.293 e. The molecule has 2 aromatic rings. The van der Waals surface area contributed by atoms with E-state index in [1.54, 1.807) is 20.1 Å². The van der Waals surface area contributed by atoms with Gasteiger partial charge in [0.1, 0.15) is 11.4 Å². The fourth-order valence-electron chi connectivity index (χ4n) is 2.48. The summed E-state index contributed by atoms with van der Waals surface area (Å²) in [7, 11) is -3.80. The van der Waals surface area contributed by atoms with Crippen molar-refractivity contribution in [2.24, 2.45) is 0 Å². The second kappa shape index (κ2) is 8.33. The van der Waals surface area contributed by atoms with Crippen molar-refractivity contribution in [3.63, 3.8) is 0 Å². The molecule has 142 valence electrons. The highest BCUT2D eigenvalue weighted by atomic mass is 32.2.